The van der Waals surface area contributed by atoms with Gasteiger partial charge in [-0.15, -0.1) is 0 Å². The zero-order valence-corrected chi connectivity index (χ0v) is 9.40. The predicted octanol–water partition coefficient (Wildman–Crippen LogP) is 0.789. The SMILES string of the molecule is CC1(C(=O)NN)CCc2ccc([N+](=O)[O-])cc21. The van der Waals surface area contributed by atoms with E-state index in [0.29, 0.717) is 12.0 Å². The lowest BCUT2D eigenvalue weighted by molar-refractivity contribution is -0.384. The van der Waals surface area contributed by atoms with Gasteiger partial charge in [-0.2, -0.15) is 0 Å². The van der Waals surface area contributed by atoms with Crippen LogP contribution in [0.5, 0.6) is 0 Å². The van der Waals surface area contributed by atoms with Crippen molar-refractivity contribution >= 4 is 11.6 Å². The second-order valence-electron chi connectivity index (χ2n) is 4.40. The Balaban J connectivity index is 2.52. The number of nitro groups is 1. The Kier molecular flexibility index (Phi) is 2.59. The van der Waals surface area contributed by atoms with Crippen LogP contribution in [0.2, 0.25) is 0 Å². The standard InChI is InChI=1S/C11H13N3O3/c1-11(10(15)13-12)5-4-7-2-3-8(14(16)17)6-9(7)11/h2-3,6H,4-5,12H2,1H3,(H,13,15). The summed E-state index contributed by atoms with van der Waals surface area (Å²) in [5, 5.41) is 10.7. The molecule has 1 aliphatic rings. The molecule has 1 amide bonds. The van der Waals surface area contributed by atoms with Gasteiger partial charge in [0.1, 0.15) is 0 Å². The van der Waals surface area contributed by atoms with E-state index >= 15 is 0 Å². The molecule has 17 heavy (non-hydrogen) atoms. The number of benzene rings is 1. The van der Waals surface area contributed by atoms with Crippen molar-refractivity contribution in [3.63, 3.8) is 0 Å². The normalized spacial score (nSPS) is 22.0. The van der Waals surface area contributed by atoms with E-state index < -0.39 is 10.3 Å². The molecule has 2 rings (SSSR count). The minimum Gasteiger partial charge on any atom is -0.294 e. The van der Waals surface area contributed by atoms with Crippen molar-refractivity contribution in [2.24, 2.45) is 5.84 Å². The van der Waals surface area contributed by atoms with Gasteiger partial charge in [0.05, 0.1) is 10.3 Å². The molecule has 1 aromatic rings. The van der Waals surface area contributed by atoms with Crippen LogP contribution in [0.4, 0.5) is 5.69 Å². The van der Waals surface area contributed by atoms with E-state index in [9.17, 15) is 14.9 Å². The summed E-state index contributed by atoms with van der Waals surface area (Å²) < 4.78 is 0. The maximum atomic E-state index is 11.8. The lowest BCUT2D eigenvalue weighted by Crippen LogP contribution is -2.44. The maximum Gasteiger partial charge on any atom is 0.269 e. The number of non-ortho nitro benzene ring substituents is 1. The van der Waals surface area contributed by atoms with Crippen molar-refractivity contribution in [1.82, 2.24) is 5.43 Å². The summed E-state index contributed by atoms with van der Waals surface area (Å²) in [6, 6.07) is 4.64. The van der Waals surface area contributed by atoms with E-state index in [-0.39, 0.29) is 11.6 Å². The molecule has 1 aromatic carbocycles. The monoisotopic (exact) mass is 235 g/mol. The first-order valence-electron chi connectivity index (χ1n) is 5.28. The van der Waals surface area contributed by atoms with Gasteiger partial charge in [0.15, 0.2) is 0 Å². The highest BCUT2D eigenvalue weighted by atomic mass is 16.6. The van der Waals surface area contributed by atoms with Gasteiger partial charge >= 0.3 is 0 Å². The molecule has 1 aliphatic carbocycles. The number of rotatable bonds is 2. The number of nitrogens with one attached hydrogen (secondary N) is 1. The van der Waals surface area contributed by atoms with Crippen LogP contribution >= 0.6 is 0 Å². The second-order valence-corrected chi connectivity index (χ2v) is 4.40. The topological polar surface area (TPSA) is 98.3 Å². The summed E-state index contributed by atoms with van der Waals surface area (Å²) in [7, 11) is 0. The highest BCUT2D eigenvalue weighted by Crippen LogP contribution is 2.40. The number of amides is 1. The average molecular weight is 235 g/mol. The lowest BCUT2D eigenvalue weighted by Gasteiger charge is -2.22. The van der Waals surface area contributed by atoms with Gasteiger partial charge in [-0.05, 0) is 30.9 Å². The van der Waals surface area contributed by atoms with Gasteiger partial charge in [0.2, 0.25) is 5.91 Å². The molecule has 6 heteroatoms. The third-order valence-electron chi connectivity index (χ3n) is 3.43. The van der Waals surface area contributed by atoms with E-state index in [0.717, 1.165) is 12.0 Å². The summed E-state index contributed by atoms with van der Waals surface area (Å²) in [6.07, 6.45) is 1.35. The quantitative estimate of drug-likeness (QED) is 0.342. The number of aryl methyl sites for hydroxylation is 1. The Labute approximate surface area is 97.9 Å². The number of nitrogens with zero attached hydrogens (tertiary/aromatic N) is 1. The Morgan fingerprint density at radius 2 is 2.29 bits per heavy atom. The molecule has 0 fully saturated rings. The summed E-state index contributed by atoms with van der Waals surface area (Å²) in [5.74, 6) is 4.85. The smallest absolute Gasteiger partial charge is 0.269 e. The fraction of sp³-hybridized carbons (Fsp3) is 0.364. The highest BCUT2D eigenvalue weighted by Gasteiger charge is 2.41. The molecular weight excluding hydrogens is 222 g/mol. The molecule has 0 aliphatic heterocycles. The molecule has 3 N–H and O–H groups in total. The number of hydrazine groups is 1. The summed E-state index contributed by atoms with van der Waals surface area (Å²) in [6.45, 7) is 1.75. The lowest BCUT2D eigenvalue weighted by atomic mass is 9.83. The Hall–Kier alpha value is -1.95. The van der Waals surface area contributed by atoms with Crippen LogP contribution in [-0.2, 0) is 16.6 Å². The van der Waals surface area contributed by atoms with Gasteiger partial charge in [0.25, 0.3) is 5.69 Å². The third-order valence-corrected chi connectivity index (χ3v) is 3.43. The molecule has 1 atom stereocenters. The molecule has 0 saturated carbocycles. The fourth-order valence-corrected chi connectivity index (χ4v) is 2.32. The van der Waals surface area contributed by atoms with Gasteiger partial charge in [-0.3, -0.25) is 20.3 Å². The fourth-order valence-electron chi connectivity index (χ4n) is 2.32. The largest absolute Gasteiger partial charge is 0.294 e. The molecule has 90 valence electrons. The minimum absolute atomic E-state index is 0.00157. The van der Waals surface area contributed by atoms with E-state index in [1.165, 1.54) is 12.1 Å². The molecular formula is C11H13N3O3. The number of carbonyl (C=O) groups is 1. The Morgan fingerprint density at radius 1 is 1.59 bits per heavy atom. The van der Waals surface area contributed by atoms with Crippen LogP contribution in [0.1, 0.15) is 24.5 Å². The van der Waals surface area contributed by atoms with Crippen molar-refractivity contribution < 1.29 is 9.72 Å². The molecule has 0 aromatic heterocycles. The van der Waals surface area contributed by atoms with Crippen LogP contribution in [0, 0.1) is 10.1 Å². The molecule has 0 radical (unpaired) electrons. The number of hydrogen-bond donors (Lipinski definition) is 2. The van der Waals surface area contributed by atoms with E-state index in [1.54, 1.807) is 13.0 Å². The van der Waals surface area contributed by atoms with E-state index in [1.807, 2.05) is 0 Å². The first-order chi connectivity index (χ1) is 7.99. The summed E-state index contributed by atoms with van der Waals surface area (Å²) >= 11 is 0. The van der Waals surface area contributed by atoms with Crippen molar-refractivity contribution in [3.05, 3.63) is 39.4 Å². The molecule has 0 heterocycles. The molecule has 0 saturated heterocycles. The predicted molar refractivity (Wildman–Crippen MR) is 61.1 cm³/mol. The molecule has 1 unspecified atom stereocenters. The third kappa shape index (κ3) is 1.66. The van der Waals surface area contributed by atoms with Crippen LogP contribution in [0.25, 0.3) is 0 Å². The highest BCUT2D eigenvalue weighted by molar-refractivity contribution is 5.88. The number of fused-ring (bicyclic) bond motifs is 1. The van der Waals surface area contributed by atoms with Crippen LogP contribution in [-0.4, -0.2) is 10.8 Å². The van der Waals surface area contributed by atoms with Crippen LogP contribution < -0.4 is 11.3 Å². The summed E-state index contributed by atoms with van der Waals surface area (Å²) in [5.41, 5.74) is 3.04. The number of carbonyl (C=O) groups excluding carboxylic acids is 1. The first kappa shape index (κ1) is 11.5. The van der Waals surface area contributed by atoms with Crippen LogP contribution in [0.15, 0.2) is 18.2 Å². The van der Waals surface area contributed by atoms with Gasteiger partial charge in [-0.1, -0.05) is 6.07 Å². The number of hydrogen-bond acceptors (Lipinski definition) is 4. The van der Waals surface area contributed by atoms with Gasteiger partial charge in [0, 0.05) is 12.1 Å². The van der Waals surface area contributed by atoms with Crippen LogP contribution in [0.3, 0.4) is 0 Å². The van der Waals surface area contributed by atoms with Gasteiger partial charge < -0.3 is 0 Å². The first-order valence-corrected chi connectivity index (χ1v) is 5.28. The van der Waals surface area contributed by atoms with E-state index in [4.69, 9.17) is 5.84 Å². The Bertz CT molecular complexity index is 501. The average Bonchev–Trinajstić information content (AvgIpc) is 2.67. The number of nitro benzene ring substituents is 1. The second kappa shape index (κ2) is 3.81. The summed E-state index contributed by atoms with van der Waals surface area (Å²) in [4.78, 5) is 22.0. The maximum absolute atomic E-state index is 11.8. The Morgan fingerprint density at radius 3 is 2.88 bits per heavy atom. The molecule has 0 spiro atoms. The van der Waals surface area contributed by atoms with E-state index in [2.05, 4.69) is 5.43 Å². The van der Waals surface area contributed by atoms with Crippen molar-refractivity contribution in [1.29, 1.82) is 0 Å². The van der Waals surface area contributed by atoms with Crippen molar-refractivity contribution in [2.75, 3.05) is 0 Å². The molecule has 6 nitrogen and oxygen atoms in total. The van der Waals surface area contributed by atoms with Gasteiger partial charge in [-0.25, -0.2) is 5.84 Å². The molecule has 0 bridgehead atoms. The zero-order chi connectivity index (χ0) is 12.6. The zero-order valence-electron chi connectivity index (χ0n) is 9.40. The van der Waals surface area contributed by atoms with Crippen molar-refractivity contribution in [2.45, 2.75) is 25.2 Å². The van der Waals surface area contributed by atoms with Crippen molar-refractivity contribution in [3.8, 4) is 0 Å². The number of nitrogens with two attached hydrogens (primary N) is 1. The minimum atomic E-state index is -0.768.